The zero-order chi connectivity index (χ0) is 14.6. The molecule has 2 rings (SSSR count). The number of rotatable bonds is 2. The summed E-state index contributed by atoms with van der Waals surface area (Å²) in [5.74, 6) is -7.20. The second kappa shape index (κ2) is 3.64. The fraction of sp³-hybridized carbons (Fsp3) is 0.364. The third-order valence-electron chi connectivity index (χ3n) is 3.11. The van der Waals surface area contributed by atoms with E-state index in [1.54, 1.807) is 0 Å². The highest BCUT2D eigenvalue weighted by molar-refractivity contribution is 5.88. The summed E-state index contributed by atoms with van der Waals surface area (Å²) in [7, 11) is 0. The first-order valence-corrected chi connectivity index (χ1v) is 5.01. The lowest BCUT2D eigenvalue weighted by Gasteiger charge is -2.15. The SMILES string of the molecule is O=C(O)C1(c2cc(C(F)(F)F)ccc2F)CC1(F)F. The van der Waals surface area contributed by atoms with Gasteiger partial charge in [-0.3, -0.25) is 4.79 Å². The van der Waals surface area contributed by atoms with Gasteiger partial charge in [0.15, 0.2) is 5.41 Å². The van der Waals surface area contributed by atoms with Gasteiger partial charge in [-0.2, -0.15) is 13.2 Å². The molecule has 0 aromatic heterocycles. The highest BCUT2D eigenvalue weighted by atomic mass is 19.4. The van der Waals surface area contributed by atoms with Crippen LogP contribution in [0.4, 0.5) is 26.3 Å². The zero-order valence-corrected chi connectivity index (χ0v) is 9.06. The molecule has 8 heteroatoms. The van der Waals surface area contributed by atoms with Crippen LogP contribution in [0.15, 0.2) is 18.2 Å². The molecule has 1 atom stereocenters. The second-order valence-corrected chi connectivity index (χ2v) is 4.28. The van der Waals surface area contributed by atoms with E-state index in [0.717, 1.165) is 0 Å². The number of benzene rings is 1. The number of carbonyl (C=O) groups is 1. The molecule has 0 amide bonds. The summed E-state index contributed by atoms with van der Waals surface area (Å²) in [5, 5.41) is 8.78. The largest absolute Gasteiger partial charge is 0.480 e. The van der Waals surface area contributed by atoms with Gasteiger partial charge in [-0.1, -0.05) is 0 Å². The number of alkyl halides is 5. The minimum atomic E-state index is -4.87. The molecule has 0 radical (unpaired) electrons. The first-order valence-electron chi connectivity index (χ1n) is 5.01. The highest BCUT2D eigenvalue weighted by Crippen LogP contribution is 2.62. The van der Waals surface area contributed by atoms with Gasteiger partial charge in [0.05, 0.1) is 5.56 Å². The van der Waals surface area contributed by atoms with Crippen molar-refractivity contribution in [1.29, 1.82) is 0 Å². The van der Waals surface area contributed by atoms with Gasteiger partial charge >= 0.3 is 12.1 Å². The van der Waals surface area contributed by atoms with Gasteiger partial charge in [-0.15, -0.1) is 0 Å². The Morgan fingerprint density at radius 1 is 1.26 bits per heavy atom. The smallest absolute Gasteiger partial charge is 0.416 e. The molecule has 0 spiro atoms. The van der Waals surface area contributed by atoms with Crippen molar-refractivity contribution in [2.75, 3.05) is 0 Å². The Bertz CT molecular complexity index is 551. The standard InChI is InChI=1S/C11H6F6O2/c12-7-2-1-5(11(15,16)17)3-6(7)9(8(18)19)4-10(9,13)14/h1-3H,4H2,(H,18,19). The fourth-order valence-corrected chi connectivity index (χ4v) is 1.96. The molecule has 0 aliphatic heterocycles. The first-order chi connectivity index (χ1) is 8.52. The molecule has 0 heterocycles. The molecular weight excluding hydrogens is 278 g/mol. The van der Waals surface area contributed by atoms with E-state index in [1.165, 1.54) is 0 Å². The van der Waals surface area contributed by atoms with Crippen molar-refractivity contribution in [3.8, 4) is 0 Å². The summed E-state index contributed by atoms with van der Waals surface area (Å²) in [5.41, 5.74) is -5.41. The third-order valence-corrected chi connectivity index (χ3v) is 3.11. The van der Waals surface area contributed by atoms with E-state index in [4.69, 9.17) is 5.11 Å². The van der Waals surface area contributed by atoms with Gasteiger partial charge in [0.1, 0.15) is 5.82 Å². The molecule has 1 N–H and O–H groups in total. The van der Waals surface area contributed by atoms with Crippen LogP contribution in [0.25, 0.3) is 0 Å². The quantitative estimate of drug-likeness (QED) is 0.847. The number of halogens is 6. The van der Waals surface area contributed by atoms with E-state index in [0.29, 0.717) is 12.1 Å². The summed E-state index contributed by atoms with van der Waals surface area (Å²) in [6.07, 6.45) is -6.08. The normalized spacial score (nSPS) is 25.2. The predicted molar refractivity (Wildman–Crippen MR) is 50.3 cm³/mol. The van der Waals surface area contributed by atoms with Gasteiger partial charge in [0, 0.05) is 12.0 Å². The van der Waals surface area contributed by atoms with Crippen molar-refractivity contribution >= 4 is 5.97 Å². The lowest BCUT2D eigenvalue weighted by atomic mass is 9.93. The molecule has 1 aromatic rings. The zero-order valence-electron chi connectivity index (χ0n) is 9.06. The van der Waals surface area contributed by atoms with Crippen LogP contribution in [0.3, 0.4) is 0 Å². The Hall–Kier alpha value is -1.73. The van der Waals surface area contributed by atoms with Gasteiger partial charge in [-0.05, 0) is 18.2 Å². The van der Waals surface area contributed by atoms with Crippen LogP contribution in [0.1, 0.15) is 17.5 Å². The highest BCUT2D eigenvalue weighted by Gasteiger charge is 2.78. The molecule has 1 unspecified atom stereocenters. The molecule has 1 aliphatic rings. The van der Waals surface area contributed by atoms with E-state index in [9.17, 15) is 31.1 Å². The van der Waals surface area contributed by atoms with E-state index < -0.39 is 46.8 Å². The topological polar surface area (TPSA) is 37.3 Å². The van der Waals surface area contributed by atoms with Crippen LogP contribution >= 0.6 is 0 Å². The number of hydrogen-bond donors (Lipinski definition) is 1. The van der Waals surface area contributed by atoms with Crippen molar-refractivity contribution in [2.45, 2.75) is 23.9 Å². The molecule has 0 bridgehead atoms. The summed E-state index contributed by atoms with van der Waals surface area (Å²) in [4.78, 5) is 10.9. The fourth-order valence-electron chi connectivity index (χ4n) is 1.96. The van der Waals surface area contributed by atoms with Gasteiger partial charge in [0.25, 0.3) is 5.92 Å². The van der Waals surface area contributed by atoms with Crippen molar-refractivity contribution in [3.05, 3.63) is 35.1 Å². The Kier molecular flexibility index (Phi) is 2.63. The van der Waals surface area contributed by atoms with E-state index in [1.807, 2.05) is 0 Å². The molecule has 1 fully saturated rings. The van der Waals surface area contributed by atoms with Crippen LogP contribution < -0.4 is 0 Å². The van der Waals surface area contributed by atoms with Crippen LogP contribution in [0, 0.1) is 5.82 Å². The molecule has 19 heavy (non-hydrogen) atoms. The lowest BCUT2D eigenvalue weighted by molar-refractivity contribution is -0.143. The average Bonchev–Trinajstić information content (AvgIpc) is 2.82. The van der Waals surface area contributed by atoms with Crippen LogP contribution in [-0.2, 0) is 16.4 Å². The van der Waals surface area contributed by atoms with Crippen LogP contribution in [-0.4, -0.2) is 17.0 Å². The molecular formula is C11H6F6O2. The molecule has 2 nitrogen and oxygen atoms in total. The maximum atomic E-state index is 13.4. The van der Waals surface area contributed by atoms with Crippen molar-refractivity contribution in [2.24, 2.45) is 0 Å². The van der Waals surface area contributed by atoms with Crippen LogP contribution in [0.5, 0.6) is 0 Å². The average molecular weight is 284 g/mol. The van der Waals surface area contributed by atoms with E-state index in [-0.39, 0.29) is 6.07 Å². The third kappa shape index (κ3) is 1.85. The summed E-state index contributed by atoms with van der Waals surface area (Å²) in [6, 6.07) is 0.844. The van der Waals surface area contributed by atoms with E-state index in [2.05, 4.69) is 0 Å². The van der Waals surface area contributed by atoms with Crippen molar-refractivity contribution < 1.29 is 36.2 Å². The summed E-state index contributed by atoms with van der Waals surface area (Å²) >= 11 is 0. The Morgan fingerprint density at radius 2 is 1.79 bits per heavy atom. The number of carboxylic acids is 1. The van der Waals surface area contributed by atoms with Crippen molar-refractivity contribution in [1.82, 2.24) is 0 Å². The maximum Gasteiger partial charge on any atom is 0.416 e. The first kappa shape index (κ1) is 13.7. The summed E-state index contributed by atoms with van der Waals surface area (Å²) in [6.45, 7) is 0. The van der Waals surface area contributed by atoms with E-state index >= 15 is 0 Å². The Balaban J connectivity index is 2.60. The van der Waals surface area contributed by atoms with Gasteiger partial charge < -0.3 is 5.11 Å². The maximum absolute atomic E-state index is 13.4. The second-order valence-electron chi connectivity index (χ2n) is 4.28. The van der Waals surface area contributed by atoms with Crippen molar-refractivity contribution in [3.63, 3.8) is 0 Å². The van der Waals surface area contributed by atoms with Crippen LogP contribution in [0.2, 0.25) is 0 Å². The molecule has 1 saturated carbocycles. The number of hydrogen-bond acceptors (Lipinski definition) is 1. The predicted octanol–water partition coefficient (Wildman–Crippen LogP) is 3.21. The monoisotopic (exact) mass is 284 g/mol. The molecule has 0 saturated heterocycles. The minimum Gasteiger partial charge on any atom is -0.480 e. The minimum absolute atomic E-state index is 0.129. The lowest BCUT2D eigenvalue weighted by Crippen LogP contribution is -2.28. The Morgan fingerprint density at radius 3 is 2.16 bits per heavy atom. The number of carboxylic acid groups (broad SMARTS) is 1. The molecule has 1 aliphatic carbocycles. The Labute approximate surface area is 102 Å². The summed E-state index contributed by atoms with van der Waals surface area (Å²) < 4.78 is 77.1. The number of aliphatic carboxylic acids is 1. The molecule has 104 valence electrons. The van der Waals surface area contributed by atoms with Gasteiger partial charge in [0.2, 0.25) is 0 Å². The van der Waals surface area contributed by atoms with Gasteiger partial charge in [-0.25, -0.2) is 13.2 Å². The molecule has 1 aromatic carbocycles.